The first-order valence-electron chi connectivity index (χ1n) is 6.19. The van der Waals surface area contributed by atoms with E-state index in [0.717, 1.165) is 25.7 Å². The van der Waals surface area contributed by atoms with E-state index in [4.69, 9.17) is 31.7 Å². The summed E-state index contributed by atoms with van der Waals surface area (Å²) in [6, 6.07) is 5.96. The van der Waals surface area contributed by atoms with Gasteiger partial charge in [0.25, 0.3) is 0 Å². The van der Waals surface area contributed by atoms with Gasteiger partial charge in [-0.25, -0.2) is 0 Å². The van der Waals surface area contributed by atoms with Crippen molar-refractivity contribution < 1.29 is 19.0 Å². The van der Waals surface area contributed by atoms with Crippen LogP contribution in [0.5, 0.6) is 11.5 Å². The predicted molar refractivity (Wildman–Crippen MR) is 78.7 cm³/mol. The minimum absolute atomic E-state index is 0.124. The van der Waals surface area contributed by atoms with Gasteiger partial charge in [-0.05, 0) is 43.7 Å². The van der Waals surface area contributed by atoms with Gasteiger partial charge in [0.1, 0.15) is 11.5 Å². The number of phenols is 1. The van der Waals surface area contributed by atoms with Gasteiger partial charge in [-0.2, -0.15) is 0 Å². The zero-order valence-corrected chi connectivity index (χ0v) is 12.4. The van der Waals surface area contributed by atoms with E-state index < -0.39 is 6.72 Å². The lowest BCUT2D eigenvalue weighted by Gasteiger charge is -2.16. The van der Waals surface area contributed by atoms with Crippen molar-refractivity contribution in [1.82, 2.24) is 0 Å². The van der Waals surface area contributed by atoms with Crippen LogP contribution >= 0.6 is 6.72 Å². The van der Waals surface area contributed by atoms with Gasteiger partial charge in [0.15, 0.2) is 0 Å². The molecular formula is C12H20NO4PS. The van der Waals surface area contributed by atoms with E-state index >= 15 is 0 Å². The Morgan fingerprint density at radius 1 is 1.11 bits per heavy atom. The van der Waals surface area contributed by atoms with Crippen molar-refractivity contribution in [2.24, 2.45) is 5.73 Å². The Morgan fingerprint density at radius 3 is 2.37 bits per heavy atom. The lowest BCUT2D eigenvalue weighted by atomic mass is 10.2. The van der Waals surface area contributed by atoms with E-state index in [-0.39, 0.29) is 5.75 Å². The molecule has 5 nitrogen and oxygen atoms in total. The minimum atomic E-state index is -3.26. The number of aromatic hydroxyl groups is 1. The molecule has 0 aliphatic carbocycles. The van der Waals surface area contributed by atoms with Crippen molar-refractivity contribution in [2.45, 2.75) is 25.7 Å². The molecule has 1 aromatic rings. The van der Waals surface area contributed by atoms with Crippen molar-refractivity contribution in [2.75, 3.05) is 13.2 Å². The second-order valence-electron chi connectivity index (χ2n) is 4.09. The Bertz CT molecular complexity index is 413. The molecule has 1 unspecified atom stereocenters. The predicted octanol–water partition coefficient (Wildman–Crippen LogP) is 2.52. The molecule has 0 amide bonds. The molecule has 0 aliphatic heterocycles. The van der Waals surface area contributed by atoms with Crippen molar-refractivity contribution in [3.63, 3.8) is 0 Å². The highest BCUT2D eigenvalue weighted by Crippen LogP contribution is 2.44. The summed E-state index contributed by atoms with van der Waals surface area (Å²) in [6.07, 6.45) is 3.86. The normalized spacial score (nSPS) is 14.0. The quantitative estimate of drug-likeness (QED) is 0.480. The van der Waals surface area contributed by atoms with E-state index in [1.807, 2.05) is 0 Å². The third-order valence-electron chi connectivity index (χ3n) is 2.41. The van der Waals surface area contributed by atoms with Gasteiger partial charge >= 0.3 is 6.72 Å². The number of unbranched alkanes of at least 4 members (excludes halogenated alkanes) is 3. The number of hydrogen-bond donors (Lipinski definition) is 3. The van der Waals surface area contributed by atoms with Gasteiger partial charge in [-0.3, -0.25) is 4.52 Å². The van der Waals surface area contributed by atoms with Crippen LogP contribution in [0.1, 0.15) is 25.7 Å². The lowest BCUT2D eigenvalue weighted by molar-refractivity contribution is 0.250. The second-order valence-corrected chi connectivity index (χ2v) is 6.85. The molecule has 0 fully saturated rings. The zero-order valence-electron chi connectivity index (χ0n) is 10.7. The van der Waals surface area contributed by atoms with Crippen LogP contribution in [0.25, 0.3) is 0 Å². The van der Waals surface area contributed by atoms with E-state index in [1.165, 1.54) is 24.3 Å². The summed E-state index contributed by atoms with van der Waals surface area (Å²) in [4.78, 5) is 9.84. The maximum absolute atomic E-state index is 9.84. The molecule has 19 heavy (non-hydrogen) atoms. The molecule has 1 atom stereocenters. The van der Waals surface area contributed by atoms with Gasteiger partial charge < -0.3 is 20.3 Å². The number of rotatable bonds is 9. The minimum Gasteiger partial charge on any atom is -0.508 e. The third kappa shape index (κ3) is 7.50. The first-order chi connectivity index (χ1) is 9.03. The summed E-state index contributed by atoms with van der Waals surface area (Å²) in [5.74, 6) is 0.506. The van der Waals surface area contributed by atoms with Crippen molar-refractivity contribution in [1.29, 1.82) is 0 Å². The van der Waals surface area contributed by atoms with Gasteiger partial charge in [0, 0.05) is 11.8 Å². The molecule has 108 valence electrons. The molecule has 0 saturated heterocycles. The first kappa shape index (κ1) is 16.4. The monoisotopic (exact) mass is 305 g/mol. The fraction of sp³-hybridized carbons (Fsp3) is 0.500. The van der Waals surface area contributed by atoms with Crippen LogP contribution in [-0.4, -0.2) is 23.2 Å². The Labute approximate surface area is 118 Å². The van der Waals surface area contributed by atoms with Crippen molar-refractivity contribution in [3.05, 3.63) is 24.3 Å². The molecule has 7 heteroatoms. The number of nitrogens with two attached hydrogens (primary N) is 1. The van der Waals surface area contributed by atoms with Gasteiger partial charge in [-0.1, -0.05) is 12.8 Å². The average Bonchev–Trinajstić information content (AvgIpc) is 2.36. The van der Waals surface area contributed by atoms with Gasteiger partial charge in [0.05, 0.1) is 6.61 Å². The molecule has 0 aromatic heterocycles. The SMILES string of the molecule is NCCCCCCOP(O)(=S)Oc1ccc(O)cc1. The molecular weight excluding hydrogens is 285 g/mol. The third-order valence-corrected chi connectivity index (χ3v) is 3.90. The number of benzene rings is 1. The Kier molecular flexibility index (Phi) is 7.34. The van der Waals surface area contributed by atoms with E-state index in [2.05, 4.69) is 0 Å². The Balaban J connectivity index is 2.27. The van der Waals surface area contributed by atoms with Crippen molar-refractivity contribution >= 4 is 18.5 Å². The highest BCUT2D eigenvalue weighted by molar-refractivity contribution is 8.07. The molecule has 0 spiro atoms. The summed E-state index contributed by atoms with van der Waals surface area (Å²) in [7, 11) is 0. The van der Waals surface area contributed by atoms with E-state index in [1.54, 1.807) is 0 Å². The summed E-state index contributed by atoms with van der Waals surface area (Å²) >= 11 is 4.90. The number of hydrogen-bond acceptors (Lipinski definition) is 5. The second kappa shape index (κ2) is 8.51. The first-order valence-corrected chi connectivity index (χ1v) is 8.78. The molecule has 1 aromatic carbocycles. The summed E-state index contributed by atoms with van der Waals surface area (Å²) in [5.41, 5.74) is 5.39. The van der Waals surface area contributed by atoms with E-state index in [9.17, 15) is 4.89 Å². The number of phenolic OH excluding ortho intramolecular Hbond substituents is 1. The molecule has 0 radical (unpaired) electrons. The topological polar surface area (TPSA) is 84.9 Å². The van der Waals surface area contributed by atoms with Crippen LogP contribution in [0.15, 0.2) is 24.3 Å². The van der Waals surface area contributed by atoms with Crippen LogP contribution in [-0.2, 0) is 16.3 Å². The largest absolute Gasteiger partial charge is 0.508 e. The van der Waals surface area contributed by atoms with E-state index in [0.29, 0.717) is 18.9 Å². The van der Waals surface area contributed by atoms with Crippen LogP contribution in [0, 0.1) is 0 Å². The van der Waals surface area contributed by atoms with Crippen LogP contribution in [0.4, 0.5) is 0 Å². The summed E-state index contributed by atoms with van der Waals surface area (Å²) in [5, 5.41) is 9.12. The van der Waals surface area contributed by atoms with Crippen LogP contribution < -0.4 is 10.3 Å². The smallest absolute Gasteiger partial charge is 0.377 e. The molecule has 4 N–H and O–H groups in total. The van der Waals surface area contributed by atoms with Crippen LogP contribution in [0.3, 0.4) is 0 Å². The maximum atomic E-state index is 9.84. The van der Waals surface area contributed by atoms with Crippen molar-refractivity contribution in [3.8, 4) is 11.5 Å². The zero-order chi connectivity index (χ0) is 14.1. The molecule has 0 bridgehead atoms. The Morgan fingerprint density at radius 2 is 1.74 bits per heavy atom. The summed E-state index contributed by atoms with van der Waals surface area (Å²) in [6.45, 7) is -2.19. The molecule has 0 aliphatic rings. The molecule has 1 rings (SSSR count). The summed E-state index contributed by atoms with van der Waals surface area (Å²) < 4.78 is 10.4. The van der Waals surface area contributed by atoms with Crippen LogP contribution in [0.2, 0.25) is 0 Å². The average molecular weight is 305 g/mol. The van der Waals surface area contributed by atoms with Gasteiger partial charge in [0.2, 0.25) is 0 Å². The molecule has 0 saturated carbocycles. The lowest BCUT2D eigenvalue weighted by Crippen LogP contribution is -2.00. The highest BCUT2D eigenvalue weighted by Gasteiger charge is 2.16. The fourth-order valence-corrected chi connectivity index (χ4v) is 2.73. The standard InChI is InChI=1S/C12H20NO4PS/c13-9-3-1-2-4-10-16-18(15,19)17-12-7-5-11(14)6-8-12/h5-8,14H,1-4,9-10,13H2,(H,15,19). The Hall–Kier alpha value is -0.650. The van der Waals surface area contributed by atoms with Gasteiger partial charge in [-0.15, -0.1) is 0 Å². The maximum Gasteiger partial charge on any atom is 0.377 e. The highest BCUT2D eigenvalue weighted by atomic mass is 32.5. The molecule has 0 heterocycles. The fourth-order valence-electron chi connectivity index (χ4n) is 1.45.